The van der Waals surface area contributed by atoms with Gasteiger partial charge in [-0.3, -0.25) is 4.57 Å². The highest BCUT2D eigenvalue weighted by atomic mass is 31.2. The van der Waals surface area contributed by atoms with Gasteiger partial charge in [-0.25, -0.2) is 0 Å². The lowest BCUT2D eigenvalue weighted by atomic mass is 9.94. The van der Waals surface area contributed by atoms with E-state index in [0.29, 0.717) is 6.42 Å². The van der Waals surface area contributed by atoms with Crippen molar-refractivity contribution in [2.24, 2.45) is 0 Å². The highest BCUT2D eigenvalue weighted by Gasteiger charge is 2.60. The Labute approximate surface area is 165 Å². The molecule has 2 aliphatic heterocycles. The predicted molar refractivity (Wildman–Crippen MR) is 107 cm³/mol. The maximum atomic E-state index is 12.8. The summed E-state index contributed by atoms with van der Waals surface area (Å²) in [5.74, 6) is -0.771. The van der Waals surface area contributed by atoms with Crippen molar-refractivity contribution in [2.45, 2.75) is 95.4 Å². The van der Waals surface area contributed by atoms with Gasteiger partial charge >= 0.3 is 7.60 Å². The van der Waals surface area contributed by atoms with Crippen LogP contribution < -0.4 is 0 Å². The maximum absolute atomic E-state index is 12.8. The topological polar surface area (TPSA) is 86.8 Å². The molecule has 6 atom stereocenters. The molecule has 2 aliphatic rings. The summed E-state index contributed by atoms with van der Waals surface area (Å²) in [7, 11) is 0.693. The fourth-order valence-electron chi connectivity index (χ4n) is 2.97. The molecule has 2 rings (SSSR count). The van der Waals surface area contributed by atoms with Gasteiger partial charge in [-0.15, -0.1) is 0 Å². The first kappa shape index (κ1) is 23.5. The Morgan fingerprint density at radius 3 is 2.26 bits per heavy atom. The van der Waals surface area contributed by atoms with Gasteiger partial charge in [0.25, 0.3) is 0 Å². The highest BCUT2D eigenvalue weighted by molar-refractivity contribution is 7.54. The van der Waals surface area contributed by atoms with Crippen molar-refractivity contribution in [3.8, 4) is 0 Å². The monoisotopic (exact) mass is 420 g/mol. The molecule has 0 aliphatic carbocycles. The van der Waals surface area contributed by atoms with Gasteiger partial charge in [0, 0.05) is 12.4 Å². The van der Waals surface area contributed by atoms with Crippen LogP contribution in [0, 0.1) is 0 Å². The molecule has 0 amide bonds. The fourth-order valence-corrected chi connectivity index (χ4v) is 6.23. The molecular formula is C17H34BO7PSi. The Bertz CT molecular complexity index is 546. The summed E-state index contributed by atoms with van der Waals surface area (Å²) in [6.07, 6.45) is -1.98. The summed E-state index contributed by atoms with van der Waals surface area (Å²) in [6.45, 7) is 14.8. The van der Waals surface area contributed by atoms with Crippen molar-refractivity contribution in [3.63, 3.8) is 0 Å². The van der Waals surface area contributed by atoms with E-state index < -0.39 is 46.1 Å². The molecule has 0 aromatic rings. The van der Waals surface area contributed by atoms with Crippen molar-refractivity contribution in [3.05, 3.63) is 0 Å². The van der Waals surface area contributed by atoms with Crippen molar-refractivity contribution in [1.29, 1.82) is 0 Å². The molecule has 2 heterocycles. The van der Waals surface area contributed by atoms with E-state index in [0.717, 1.165) is 0 Å². The normalized spacial score (nSPS) is 33.3. The minimum atomic E-state index is -3.41. The molecule has 10 heteroatoms. The zero-order chi connectivity index (χ0) is 20.6. The van der Waals surface area contributed by atoms with Gasteiger partial charge in [-0.2, -0.15) is 0 Å². The van der Waals surface area contributed by atoms with E-state index in [2.05, 4.69) is 33.9 Å². The Balaban J connectivity index is 1.97. The molecule has 0 spiro atoms. The standard InChI is InChI=1S/C17H34BO7PSi/c1-8-21-26(20,22-9-2)16-14(24-16)13(19)11-10-12(15(18)23-11)25-27(6,7)17(3,4)5/h11-16,19H,8-10H2,1-7H3/t11-,12?,13?,14?,15+,16?/m0/s1. The first-order valence-electron chi connectivity index (χ1n) is 9.67. The van der Waals surface area contributed by atoms with E-state index in [-0.39, 0.29) is 24.4 Å². The van der Waals surface area contributed by atoms with Crippen molar-refractivity contribution in [2.75, 3.05) is 13.2 Å². The van der Waals surface area contributed by atoms with E-state index in [4.69, 9.17) is 30.8 Å². The second-order valence-corrected chi connectivity index (χ2v) is 15.5. The molecule has 0 aromatic heterocycles. The summed E-state index contributed by atoms with van der Waals surface area (Å²) in [6, 6.07) is -0.610. The van der Waals surface area contributed by atoms with Crippen LogP contribution in [-0.4, -0.2) is 70.7 Å². The third-order valence-electron chi connectivity index (χ3n) is 5.56. The van der Waals surface area contributed by atoms with Gasteiger partial charge in [-0.05, 0) is 32.0 Å². The molecule has 0 aromatic carbocycles. The molecule has 7 nitrogen and oxygen atoms in total. The molecule has 2 radical (unpaired) electrons. The van der Waals surface area contributed by atoms with Crippen LogP contribution in [0.1, 0.15) is 41.0 Å². The number of hydrogen-bond donors (Lipinski definition) is 1. The van der Waals surface area contributed by atoms with Gasteiger partial charge in [0.2, 0.25) is 0 Å². The van der Waals surface area contributed by atoms with Crippen LogP contribution in [0.25, 0.3) is 0 Å². The fraction of sp³-hybridized carbons (Fsp3) is 1.00. The quantitative estimate of drug-likeness (QED) is 0.349. The first-order chi connectivity index (χ1) is 12.4. The van der Waals surface area contributed by atoms with Gasteiger partial charge < -0.3 is 28.1 Å². The molecule has 27 heavy (non-hydrogen) atoms. The SMILES string of the molecule is [B][C@@H]1O[C@H](C(O)C2OC2P(=O)(OCC)OCC)CC1O[Si](C)(C)C(C)(C)C. The molecule has 2 fully saturated rings. The molecule has 0 saturated carbocycles. The van der Waals surface area contributed by atoms with Crippen molar-refractivity contribution < 1.29 is 32.6 Å². The van der Waals surface area contributed by atoms with E-state index in [1.54, 1.807) is 13.8 Å². The van der Waals surface area contributed by atoms with Gasteiger partial charge in [0.15, 0.2) is 14.2 Å². The van der Waals surface area contributed by atoms with Crippen LogP contribution in [0.5, 0.6) is 0 Å². The Morgan fingerprint density at radius 1 is 1.22 bits per heavy atom. The molecule has 1 N–H and O–H groups in total. The number of hydrogen-bond acceptors (Lipinski definition) is 7. The van der Waals surface area contributed by atoms with Gasteiger partial charge in [-0.1, -0.05) is 20.8 Å². The minimum absolute atomic E-state index is 0.0513. The van der Waals surface area contributed by atoms with E-state index in [9.17, 15) is 9.67 Å². The summed E-state index contributed by atoms with van der Waals surface area (Å²) >= 11 is 0. The van der Waals surface area contributed by atoms with E-state index >= 15 is 0 Å². The number of epoxide rings is 1. The minimum Gasteiger partial charge on any atom is -0.412 e. The lowest BCUT2D eigenvalue weighted by molar-refractivity contribution is -0.0270. The molecule has 4 unspecified atom stereocenters. The van der Waals surface area contributed by atoms with Crippen LogP contribution in [0.4, 0.5) is 0 Å². The second kappa shape index (κ2) is 8.56. The Kier molecular flexibility index (Phi) is 7.47. The van der Waals surface area contributed by atoms with Crippen LogP contribution >= 0.6 is 7.60 Å². The van der Waals surface area contributed by atoms with E-state index in [1.807, 2.05) is 0 Å². The zero-order valence-corrected chi connectivity index (χ0v) is 19.4. The summed E-state index contributed by atoms with van der Waals surface area (Å²) < 4.78 is 40.9. The zero-order valence-electron chi connectivity index (χ0n) is 17.5. The highest BCUT2D eigenvalue weighted by Crippen LogP contribution is 2.62. The van der Waals surface area contributed by atoms with Gasteiger partial charge in [0.1, 0.15) is 20.1 Å². The number of aliphatic hydroxyl groups is 1. The van der Waals surface area contributed by atoms with Crippen LogP contribution in [0.15, 0.2) is 0 Å². The van der Waals surface area contributed by atoms with Crippen LogP contribution in [0.2, 0.25) is 18.1 Å². The number of aliphatic hydroxyl groups excluding tert-OH is 1. The lowest BCUT2D eigenvalue weighted by Crippen LogP contribution is -2.46. The Hall–Kier alpha value is 0.272. The third-order valence-corrected chi connectivity index (χ3v) is 12.3. The Morgan fingerprint density at radius 2 is 1.78 bits per heavy atom. The lowest BCUT2D eigenvalue weighted by Gasteiger charge is -2.39. The molecular weight excluding hydrogens is 386 g/mol. The first-order valence-corrected chi connectivity index (χ1v) is 14.2. The maximum Gasteiger partial charge on any atom is 0.361 e. The largest absolute Gasteiger partial charge is 0.412 e. The summed E-state index contributed by atoms with van der Waals surface area (Å²) in [5, 5.41) is 10.7. The summed E-state index contributed by atoms with van der Waals surface area (Å²) in [4.78, 5) is 0. The molecule has 156 valence electrons. The van der Waals surface area contributed by atoms with E-state index in [1.165, 1.54) is 0 Å². The predicted octanol–water partition coefficient (Wildman–Crippen LogP) is 3.01. The number of ether oxygens (including phenoxy) is 2. The molecule has 2 saturated heterocycles. The van der Waals surface area contributed by atoms with Crippen LogP contribution in [-0.2, 0) is 27.5 Å². The van der Waals surface area contributed by atoms with Crippen molar-refractivity contribution in [1.82, 2.24) is 0 Å². The average Bonchev–Trinajstić information content (AvgIpc) is 3.26. The third kappa shape index (κ3) is 5.25. The second-order valence-electron chi connectivity index (χ2n) is 8.65. The average molecular weight is 420 g/mol. The van der Waals surface area contributed by atoms with Gasteiger partial charge in [0.05, 0.1) is 25.4 Å². The molecule has 0 bridgehead atoms. The number of rotatable bonds is 9. The van der Waals surface area contributed by atoms with Crippen molar-refractivity contribution >= 4 is 23.8 Å². The summed E-state index contributed by atoms with van der Waals surface area (Å²) in [5.41, 5.74) is 0. The smallest absolute Gasteiger partial charge is 0.361 e. The van der Waals surface area contributed by atoms with Crippen LogP contribution in [0.3, 0.4) is 0 Å².